The van der Waals surface area contributed by atoms with Crippen LogP contribution in [0.1, 0.15) is 32.3 Å². The molecule has 0 spiro atoms. The Hall–Kier alpha value is -2.95. The molecule has 0 radical (unpaired) electrons. The molecular formula is C21H24N4O. The number of aromatic nitrogens is 2. The summed E-state index contributed by atoms with van der Waals surface area (Å²) in [5, 5.41) is 6.46. The summed E-state index contributed by atoms with van der Waals surface area (Å²) >= 11 is 0. The van der Waals surface area contributed by atoms with Gasteiger partial charge in [0.1, 0.15) is 5.82 Å². The Morgan fingerprint density at radius 1 is 1.12 bits per heavy atom. The molecule has 0 atom stereocenters. The van der Waals surface area contributed by atoms with E-state index in [2.05, 4.69) is 51.8 Å². The first-order chi connectivity index (χ1) is 12.7. The monoisotopic (exact) mass is 348 g/mol. The summed E-state index contributed by atoms with van der Waals surface area (Å²) in [6, 6.07) is 13.9. The van der Waals surface area contributed by atoms with Crippen molar-refractivity contribution in [2.45, 2.75) is 33.1 Å². The zero-order chi connectivity index (χ0) is 18.4. The second-order valence-corrected chi connectivity index (χ2v) is 6.22. The van der Waals surface area contributed by atoms with Crippen LogP contribution >= 0.6 is 0 Å². The van der Waals surface area contributed by atoms with Gasteiger partial charge in [-0.3, -0.25) is 10.3 Å². The summed E-state index contributed by atoms with van der Waals surface area (Å²) in [5.74, 6) is 0.515. The van der Waals surface area contributed by atoms with Crippen molar-refractivity contribution in [1.82, 2.24) is 15.3 Å². The summed E-state index contributed by atoms with van der Waals surface area (Å²) in [6.45, 7) is 4.64. The van der Waals surface area contributed by atoms with E-state index in [1.165, 1.54) is 18.4 Å². The number of hydrogen-bond donors (Lipinski definition) is 2. The van der Waals surface area contributed by atoms with E-state index >= 15 is 0 Å². The minimum absolute atomic E-state index is 0.260. The molecule has 0 aliphatic carbocycles. The number of carbonyl (C=O) groups is 1. The van der Waals surface area contributed by atoms with Crippen molar-refractivity contribution in [2.24, 2.45) is 0 Å². The molecule has 2 aromatic heterocycles. The number of hydrogen-bond acceptors (Lipinski definition) is 3. The quantitative estimate of drug-likeness (QED) is 0.673. The third-order valence-corrected chi connectivity index (χ3v) is 4.21. The molecule has 0 unspecified atom stereocenters. The maximum atomic E-state index is 11.9. The lowest BCUT2D eigenvalue weighted by Crippen LogP contribution is -2.28. The zero-order valence-electron chi connectivity index (χ0n) is 15.2. The molecule has 2 amide bonds. The minimum atomic E-state index is -0.260. The normalized spacial score (nSPS) is 10.7. The molecule has 5 heteroatoms. The fraction of sp³-hybridized carbons (Fsp3) is 0.286. The number of unbranched alkanes of at least 4 members (excludes halogenated alkanes) is 1. The molecule has 2 heterocycles. The van der Waals surface area contributed by atoms with Crippen molar-refractivity contribution < 1.29 is 4.79 Å². The Kier molecular flexibility index (Phi) is 5.79. The predicted molar refractivity (Wildman–Crippen MR) is 106 cm³/mol. The van der Waals surface area contributed by atoms with E-state index in [9.17, 15) is 4.79 Å². The van der Waals surface area contributed by atoms with E-state index in [1.807, 2.05) is 25.1 Å². The second-order valence-electron chi connectivity index (χ2n) is 6.22. The lowest BCUT2D eigenvalue weighted by atomic mass is 10.0. The molecule has 0 saturated carbocycles. The van der Waals surface area contributed by atoms with Crippen molar-refractivity contribution >= 4 is 22.8 Å². The largest absolute Gasteiger partial charge is 0.338 e. The van der Waals surface area contributed by atoms with Crippen molar-refractivity contribution in [3.63, 3.8) is 0 Å². The molecule has 2 N–H and O–H groups in total. The summed E-state index contributed by atoms with van der Waals surface area (Å²) in [6.07, 6.45) is 5.22. The average molecular weight is 348 g/mol. The van der Waals surface area contributed by atoms with Gasteiger partial charge in [0.05, 0.1) is 11.2 Å². The smallest absolute Gasteiger partial charge is 0.320 e. The highest BCUT2D eigenvalue weighted by molar-refractivity contribution is 5.96. The first-order valence-electron chi connectivity index (χ1n) is 9.11. The van der Waals surface area contributed by atoms with Crippen LogP contribution in [0.15, 0.2) is 48.7 Å². The highest BCUT2D eigenvalue weighted by atomic mass is 16.2. The van der Waals surface area contributed by atoms with Crippen molar-refractivity contribution in [3.05, 3.63) is 54.2 Å². The number of anilines is 1. The van der Waals surface area contributed by atoms with Crippen LogP contribution in [0.2, 0.25) is 0 Å². The minimum Gasteiger partial charge on any atom is -0.338 e. The summed E-state index contributed by atoms with van der Waals surface area (Å²) in [5.41, 5.74) is 3.92. The van der Waals surface area contributed by atoms with Crippen molar-refractivity contribution in [1.29, 1.82) is 0 Å². The summed E-state index contributed by atoms with van der Waals surface area (Å²) in [4.78, 5) is 21.0. The van der Waals surface area contributed by atoms with E-state index in [0.717, 1.165) is 28.6 Å². The van der Waals surface area contributed by atoms with Crippen LogP contribution in [0.4, 0.5) is 10.6 Å². The van der Waals surface area contributed by atoms with Crippen LogP contribution in [0, 0.1) is 0 Å². The molecule has 3 rings (SSSR count). The molecule has 26 heavy (non-hydrogen) atoms. The highest BCUT2D eigenvalue weighted by Gasteiger charge is 2.11. The van der Waals surface area contributed by atoms with Crippen molar-refractivity contribution in [3.8, 4) is 11.3 Å². The number of nitrogens with zero attached hydrogens (tertiary/aromatic N) is 2. The van der Waals surface area contributed by atoms with Crippen LogP contribution in [-0.2, 0) is 6.42 Å². The van der Waals surface area contributed by atoms with Gasteiger partial charge in [-0.2, -0.15) is 0 Å². The maximum absolute atomic E-state index is 11.9. The van der Waals surface area contributed by atoms with Gasteiger partial charge in [-0.05, 0) is 37.5 Å². The van der Waals surface area contributed by atoms with Gasteiger partial charge >= 0.3 is 6.03 Å². The molecule has 1 aromatic carbocycles. The SMILES string of the molecule is CCCCc1ccc(-c2nc(NC(=O)NCC)cc3cccnc23)cc1. The van der Waals surface area contributed by atoms with Gasteiger partial charge in [0.25, 0.3) is 0 Å². The van der Waals surface area contributed by atoms with Crippen molar-refractivity contribution in [2.75, 3.05) is 11.9 Å². The molecule has 0 saturated heterocycles. The van der Waals surface area contributed by atoms with Crippen LogP contribution < -0.4 is 10.6 Å². The second kappa shape index (κ2) is 8.43. The Bertz CT molecular complexity index is 890. The molecule has 0 bridgehead atoms. The van der Waals surface area contributed by atoms with Crippen LogP contribution in [0.3, 0.4) is 0 Å². The van der Waals surface area contributed by atoms with Gasteiger partial charge in [0.2, 0.25) is 0 Å². The predicted octanol–water partition coefficient (Wildman–Crippen LogP) is 4.78. The van der Waals surface area contributed by atoms with Gasteiger partial charge in [-0.15, -0.1) is 0 Å². The summed E-state index contributed by atoms with van der Waals surface area (Å²) in [7, 11) is 0. The Morgan fingerprint density at radius 2 is 1.92 bits per heavy atom. The number of aryl methyl sites for hydroxylation is 1. The van der Waals surface area contributed by atoms with Crippen LogP contribution in [0.25, 0.3) is 22.2 Å². The number of urea groups is 1. The summed E-state index contributed by atoms with van der Waals surface area (Å²) < 4.78 is 0. The van der Waals surface area contributed by atoms with Gasteiger partial charge in [-0.25, -0.2) is 9.78 Å². The Balaban J connectivity index is 1.99. The number of pyridine rings is 2. The number of nitrogens with one attached hydrogen (secondary N) is 2. The molecule has 0 fully saturated rings. The van der Waals surface area contributed by atoms with E-state index in [0.29, 0.717) is 12.4 Å². The number of amides is 2. The Morgan fingerprint density at radius 3 is 2.65 bits per heavy atom. The number of rotatable bonds is 6. The fourth-order valence-electron chi connectivity index (χ4n) is 2.88. The zero-order valence-corrected chi connectivity index (χ0v) is 15.2. The molecule has 0 aliphatic heterocycles. The number of fused-ring (bicyclic) bond motifs is 1. The molecule has 3 aromatic rings. The van der Waals surface area contributed by atoms with E-state index in [1.54, 1.807) is 6.20 Å². The third-order valence-electron chi connectivity index (χ3n) is 4.21. The molecular weight excluding hydrogens is 324 g/mol. The van der Waals surface area contributed by atoms with Gasteiger partial charge in [0.15, 0.2) is 0 Å². The van der Waals surface area contributed by atoms with Gasteiger partial charge < -0.3 is 5.32 Å². The van der Waals surface area contributed by atoms with Crippen LogP contribution in [-0.4, -0.2) is 22.5 Å². The van der Waals surface area contributed by atoms with Crippen LogP contribution in [0.5, 0.6) is 0 Å². The number of carbonyl (C=O) groups excluding carboxylic acids is 1. The topological polar surface area (TPSA) is 66.9 Å². The van der Waals surface area contributed by atoms with Gasteiger partial charge in [0, 0.05) is 23.7 Å². The lowest BCUT2D eigenvalue weighted by Gasteiger charge is -2.11. The van der Waals surface area contributed by atoms with Gasteiger partial charge in [-0.1, -0.05) is 43.7 Å². The first-order valence-corrected chi connectivity index (χ1v) is 9.11. The van der Waals surface area contributed by atoms with E-state index in [-0.39, 0.29) is 6.03 Å². The lowest BCUT2D eigenvalue weighted by molar-refractivity contribution is 0.252. The fourth-order valence-corrected chi connectivity index (χ4v) is 2.88. The Labute approximate surface area is 153 Å². The van der Waals surface area contributed by atoms with E-state index in [4.69, 9.17) is 0 Å². The molecule has 5 nitrogen and oxygen atoms in total. The maximum Gasteiger partial charge on any atom is 0.320 e. The third kappa shape index (κ3) is 4.17. The highest BCUT2D eigenvalue weighted by Crippen LogP contribution is 2.28. The average Bonchev–Trinajstić information content (AvgIpc) is 2.66. The number of benzene rings is 1. The molecule has 0 aliphatic rings. The molecule has 134 valence electrons. The standard InChI is InChI=1S/C21H24N4O/c1-3-5-7-15-9-11-16(12-10-15)20-19-17(8-6-13-23-19)14-18(24-20)25-21(26)22-4-2/h6,8-14H,3-5,7H2,1-2H3,(H2,22,24,25,26). The first kappa shape index (κ1) is 17.9. The van der Waals surface area contributed by atoms with E-state index < -0.39 is 0 Å².